The van der Waals surface area contributed by atoms with E-state index in [-0.39, 0.29) is 12.1 Å². The number of unbranched alkanes of at least 4 members (excludes halogenated alkanes) is 2. The summed E-state index contributed by atoms with van der Waals surface area (Å²) in [5, 5.41) is 0. The molecule has 1 heterocycles. The summed E-state index contributed by atoms with van der Waals surface area (Å²) in [6.45, 7) is 6.36. The minimum absolute atomic E-state index is 0.248. The number of rotatable bonds is 10. The topological polar surface area (TPSA) is 52.1 Å². The molecule has 0 aliphatic carbocycles. The summed E-state index contributed by atoms with van der Waals surface area (Å²) in [4.78, 5) is 21.0. The van der Waals surface area contributed by atoms with Gasteiger partial charge in [-0.1, -0.05) is 64.3 Å². The fraction of sp³-hybridized carbons (Fsp3) is 0.500. The molecule has 4 heteroatoms. The van der Waals surface area contributed by atoms with Crippen molar-refractivity contribution in [1.29, 1.82) is 0 Å². The molecule has 26 heavy (non-hydrogen) atoms. The van der Waals surface area contributed by atoms with Crippen LogP contribution < -0.4 is 0 Å². The number of carbonyl (C=O) groups is 1. The lowest BCUT2D eigenvalue weighted by Gasteiger charge is -2.17. The van der Waals surface area contributed by atoms with Crippen molar-refractivity contribution in [1.82, 2.24) is 9.97 Å². The van der Waals surface area contributed by atoms with Crippen LogP contribution in [-0.2, 0) is 17.6 Å². The lowest BCUT2D eigenvalue weighted by atomic mass is 10.0. The van der Waals surface area contributed by atoms with Crippen LogP contribution in [0.15, 0.2) is 36.7 Å². The van der Waals surface area contributed by atoms with E-state index in [9.17, 15) is 4.79 Å². The molecule has 0 aliphatic heterocycles. The first-order chi connectivity index (χ1) is 12.7. The summed E-state index contributed by atoms with van der Waals surface area (Å²) in [7, 11) is 0. The molecule has 0 fully saturated rings. The minimum Gasteiger partial charge on any atom is -0.454 e. The Morgan fingerprint density at radius 3 is 2.23 bits per heavy atom. The van der Waals surface area contributed by atoms with Crippen LogP contribution in [0.2, 0.25) is 0 Å². The van der Waals surface area contributed by atoms with E-state index in [2.05, 4.69) is 48.1 Å². The van der Waals surface area contributed by atoms with Crippen LogP contribution in [-0.4, -0.2) is 15.9 Å². The molecular weight excluding hydrogens is 324 g/mol. The number of benzene rings is 1. The third kappa shape index (κ3) is 5.94. The second kappa shape index (κ2) is 10.7. The molecule has 2 rings (SSSR count). The maximum atomic E-state index is 12.4. The van der Waals surface area contributed by atoms with E-state index >= 15 is 0 Å². The van der Waals surface area contributed by atoms with E-state index in [1.54, 1.807) is 12.4 Å². The van der Waals surface area contributed by atoms with Gasteiger partial charge in [-0.05, 0) is 30.4 Å². The Morgan fingerprint density at radius 1 is 0.962 bits per heavy atom. The van der Waals surface area contributed by atoms with Gasteiger partial charge in [0.2, 0.25) is 0 Å². The van der Waals surface area contributed by atoms with Gasteiger partial charge in [0.05, 0.1) is 5.56 Å². The number of aromatic nitrogens is 2. The van der Waals surface area contributed by atoms with Crippen molar-refractivity contribution in [2.45, 2.75) is 71.8 Å². The van der Waals surface area contributed by atoms with Crippen LogP contribution in [0.5, 0.6) is 0 Å². The Labute approximate surface area is 157 Å². The lowest BCUT2D eigenvalue weighted by Crippen LogP contribution is -2.12. The van der Waals surface area contributed by atoms with Crippen LogP contribution >= 0.6 is 0 Å². The molecule has 0 amide bonds. The van der Waals surface area contributed by atoms with Gasteiger partial charge in [0.15, 0.2) is 0 Å². The van der Waals surface area contributed by atoms with Gasteiger partial charge in [-0.15, -0.1) is 0 Å². The highest BCUT2D eigenvalue weighted by molar-refractivity contribution is 5.88. The van der Waals surface area contributed by atoms with E-state index in [1.807, 2.05) is 6.92 Å². The van der Waals surface area contributed by atoms with Gasteiger partial charge in [-0.25, -0.2) is 14.8 Å². The maximum absolute atomic E-state index is 12.4. The van der Waals surface area contributed by atoms with E-state index in [1.165, 1.54) is 18.4 Å². The van der Waals surface area contributed by atoms with Gasteiger partial charge in [-0.3, -0.25) is 0 Å². The van der Waals surface area contributed by atoms with Crippen molar-refractivity contribution < 1.29 is 9.53 Å². The zero-order valence-electron chi connectivity index (χ0n) is 16.2. The highest BCUT2D eigenvalue weighted by atomic mass is 16.5. The molecule has 0 bridgehead atoms. The van der Waals surface area contributed by atoms with Gasteiger partial charge < -0.3 is 4.74 Å². The number of nitrogens with zero attached hydrogens (tertiary/aromatic N) is 2. The van der Waals surface area contributed by atoms with Gasteiger partial charge in [-0.2, -0.15) is 0 Å². The Kier molecular flexibility index (Phi) is 8.26. The molecule has 1 unspecified atom stereocenters. The second-order valence-electron chi connectivity index (χ2n) is 6.64. The third-order valence-corrected chi connectivity index (χ3v) is 4.46. The number of esters is 1. The maximum Gasteiger partial charge on any atom is 0.341 e. The number of aryl methyl sites for hydroxylation is 2. The molecule has 1 aromatic carbocycles. The molecule has 0 spiro atoms. The second-order valence-corrected chi connectivity index (χ2v) is 6.64. The molecule has 1 atom stereocenters. The Hall–Kier alpha value is -2.23. The average molecular weight is 354 g/mol. The smallest absolute Gasteiger partial charge is 0.341 e. The normalized spacial score (nSPS) is 12.0. The van der Waals surface area contributed by atoms with Crippen LogP contribution in [0.1, 0.15) is 86.3 Å². The molecule has 0 radical (unpaired) electrons. The highest BCUT2D eigenvalue weighted by Crippen LogP contribution is 2.23. The first kappa shape index (κ1) is 20.1. The lowest BCUT2D eigenvalue weighted by molar-refractivity contribution is 0.0287. The SMILES string of the molecule is CCCCCc1ncc(C(=O)OC(CC)c2ccc(CCC)cc2)cn1. The quantitative estimate of drug-likeness (QED) is 0.419. The predicted molar refractivity (Wildman–Crippen MR) is 104 cm³/mol. The Balaban J connectivity index is 1.97. The number of ether oxygens (including phenoxy) is 1. The molecule has 1 aromatic heterocycles. The van der Waals surface area contributed by atoms with Crippen molar-refractivity contribution in [3.63, 3.8) is 0 Å². The summed E-state index contributed by atoms with van der Waals surface area (Å²) in [5.41, 5.74) is 2.74. The Morgan fingerprint density at radius 2 is 1.65 bits per heavy atom. The summed E-state index contributed by atoms with van der Waals surface area (Å²) in [6, 6.07) is 8.34. The van der Waals surface area contributed by atoms with Gasteiger partial charge in [0.1, 0.15) is 11.9 Å². The fourth-order valence-corrected chi connectivity index (χ4v) is 2.89. The molecule has 0 saturated carbocycles. The van der Waals surface area contributed by atoms with Crippen molar-refractivity contribution in [2.24, 2.45) is 0 Å². The van der Waals surface area contributed by atoms with Crippen LogP contribution in [0, 0.1) is 0 Å². The minimum atomic E-state index is -0.366. The summed E-state index contributed by atoms with van der Waals surface area (Å²) in [5.74, 6) is 0.420. The third-order valence-electron chi connectivity index (χ3n) is 4.46. The average Bonchev–Trinajstić information content (AvgIpc) is 2.68. The standard InChI is InChI=1S/C22H30N2O2/c1-4-7-8-10-21-23-15-19(16-24-21)22(25)26-20(6-3)18-13-11-17(9-5-2)12-14-18/h11-16,20H,4-10H2,1-3H3. The molecule has 140 valence electrons. The van der Waals surface area contributed by atoms with Crippen molar-refractivity contribution in [2.75, 3.05) is 0 Å². The molecular formula is C22H30N2O2. The molecule has 0 saturated heterocycles. The predicted octanol–water partition coefficient (Wildman–Crippen LogP) is 5.47. The monoisotopic (exact) mass is 354 g/mol. The van der Waals surface area contributed by atoms with Crippen molar-refractivity contribution in [3.8, 4) is 0 Å². The van der Waals surface area contributed by atoms with E-state index < -0.39 is 0 Å². The van der Waals surface area contributed by atoms with Crippen LogP contribution in [0.25, 0.3) is 0 Å². The molecule has 0 N–H and O–H groups in total. The molecule has 2 aromatic rings. The highest BCUT2D eigenvalue weighted by Gasteiger charge is 2.17. The van der Waals surface area contributed by atoms with Crippen molar-refractivity contribution in [3.05, 3.63) is 59.2 Å². The van der Waals surface area contributed by atoms with Crippen LogP contribution in [0.3, 0.4) is 0 Å². The van der Waals surface area contributed by atoms with Gasteiger partial charge in [0.25, 0.3) is 0 Å². The van der Waals surface area contributed by atoms with Crippen LogP contribution in [0.4, 0.5) is 0 Å². The zero-order chi connectivity index (χ0) is 18.8. The van der Waals surface area contributed by atoms with Crippen molar-refractivity contribution >= 4 is 5.97 Å². The number of carbonyl (C=O) groups excluding carboxylic acids is 1. The fourth-order valence-electron chi connectivity index (χ4n) is 2.89. The first-order valence-corrected chi connectivity index (χ1v) is 9.78. The molecule has 0 aliphatic rings. The summed E-state index contributed by atoms with van der Waals surface area (Å²) in [6.07, 6.45) is 10.1. The number of hydrogen-bond donors (Lipinski definition) is 0. The van der Waals surface area contributed by atoms with E-state index in [0.717, 1.165) is 43.5 Å². The van der Waals surface area contributed by atoms with Gasteiger partial charge in [0, 0.05) is 18.8 Å². The van der Waals surface area contributed by atoms with Gasteiger partial charge >= 0.3 is 5.97 Å². The summed E-state index contributed by atoms with van der Waals surface area (Å²) < 4.78 is 5.69. The largest absolute Gasteiger partial charge is 0.454 e. The number of hydrogen-bond acceptors (Lipinski definition) is 4. The summed E-state index contributed by atoms with van der Waals surface area (Å²) >= 11 is 0. The molecule has 4 nitrogen and oxygen atoms in total. The Bertz CT molecular complexity index is 666. The van der Waals surface area contributed by atoms with E-state index in [4.69, 9.17) is 4.74 Å². The van der Waals surface area contributed by atoms with E-state index in [0.29, 0.717) is 5.56 Å². The first-order valence-electron chi connectivity index (χ1n) is 9.78. The zero-order valence-corrected chi connectivity index (χ0v) is 16.2.